The molecule has 0 atom stereocenters. The lowest BCUT2D eigenvalue weighted by molar-refractivity contribution is 0.101. The zero-order chi connectivity index (χ0) is 18.8. The molecule has 6 nitrogen and oxygen atoms in total. The molecule has 0 spiro atoms. The molecular formula is C19H22ClN5O. The molecule has 3 rings (SSSR count). The smallest absolute Gasteiger partial charge is 0.275 e. The van der Waals surface area contributed by atoms with Gasteiger partial charge in [-0.25, -0.2) is 0 Å². The van der Waals surface area contributed by atoms with Crippen molar-refractivity contribution in [2.24, 2.45) is 0 Å². The van der Waals surface area contributed by atoms with Crippen molar-refractivity contribution in [3.8, 4) is 0 Å². The highest BCUT2D eigenvalue weighted by Crippen LogP contribution is 2.22. The first-order chi connectivity index (χ1) is 12.4. The molecule has 2 heterocycles. The predicted molar refractivity (Wildman–Crippen MR) is 103 cm³/mol. The van der Waals surface area contributed by atoms with Gasteiger partial charge in [-0.2, -0.15) is 10.2 Å². The first-order valence-electron chi connectivity index (χ1n) is 8.53. The maximum atomic E-state index is 12.7. The van der Waals surface area contributed by atoms with E-state index in [1.165, 1.54) is 0 Å². The lowest BCUT2D eigenvalue weighted by atomic mass is 10.2. The molecule has 0 saturated heterocycles. The van der Waals surface area contributed by atoms with Crippen LogP contribution in [0.4, 0.5) is 5.69 Å². The normalized spacial score (nSPS) is 11.0. The Morgan fingerprint density at radius 2 is 1.92 bits per heavy atom. The summed E-state index contributed by atoms with van der Waals surface area (Å²) in [5.41, 5.74) is 4.90. The minimum absolute atomic E-state index is 0.263. The molecule has 1 amide bonds. The van der Waals surface area contributed by atoms with E-state index in [9.17, 15) is 4.79 Å². The number of aryl methyl sites for hydroxylation is 4. The molecule has 3 aromatic rings. The van der Waals surface area contributed by atoms with Crippen LogP contribution in [0.3, 0.4) is 0 Å². The lowest BCUT2D eigenvalue weighted by Crippen LogP contribution is -2.18. The molecule has 0 radical (unpaired) electrons. The van der Waals surface area contributed by atoms with Gasteiger partial charge < -0.3 is 5.32 Å². The Hall–Kier alpha value is -2.60. The standard InChI is InChI=1S/C19H22ClN5O/c1-5-24-18(17(20)14(4)23-24)19(26)21-16-8-6-7-15(10-16)11-25-13(3)9-12(2)22-25/h6-10H,5,11H2,1-4H3,(H,21,26). The Labute approximate surface area is 157 Å². The Bertz CT molecular complexity index is 957. The topological polar surface area (TPSA) is 64.7 Å². The van der Waals surface area contributed by atoms with Crippen LogP contribution in [0.5, 0.6) is 0 Å². The van der Waals surface area contributed by atoms with Crippen LogP contribution in [-0.2, 0) is 13.1 Å². The van der Waals surface area contributed by atoms with Crippen molar-refractivity contribution in [1.29, 1.82) is 0 Å². The molecule has 0 aliphatic rings. The molecule has 0 unspecified atom stereocenters. The van der Waals surface area contributed by atoms with Crippen molar-refractivity contribution < 1.29 is 4.79 Å². The summed E-state index contributed by atoms with van der Waals surface area (Å²) in [4.78, 5) is 12.7. The molecule has 2 aromatic heterocycles. The van der Waals surface area contributed by atoms with Crippen LogP contribution in [0.15, 0.2) is 30.3 Å². The van der Waals surface area contributed by atoms with Gasteiger partial charge in [-0.1, -0.05) is 23.7 Å². The van der Waals surface area contributed by atoms with Gasteiger partial charge >= 0.3 is 0 Å². The van der Waals surface area contributed by atoms with E-state index in [4.69, 9.17) is 11.6 Å². The second kappa shape index (κ2) is 7.33. The number of halogens is 1. The number of nitrogens with zero attached hydrogens (tertiary/aromatic N) is 4. The van der Waals surface area contributed by atoms with Gasteiger partial charge in [-0.3, -0.25) is 14.2 Å². The second-order valence-corrected chi connectivity index (χ2v) is 6.68. The minimum atomic E-state index is -0.263. The summed E-state index contributed by atoms with van der Waals surface area (Å²) < 4.78 is 3.56. The molecule has 0 aliphatic heterocycles. The number of amides is 1. The number of anilines is 1. The summed E-state index contributed by atoms with van der Waals surface area (Å²) in [6.07, 6.45) is 0. The maximum Gasteiger partial charge on any atom is 0.275 e. The first-order valence-corrected chi connectivity index (χ1v) is 8.91. The number of carbonyl (C=O) groups is 1. The first kappa shape index (κ1) is 18.2. The third kappa shape index (κ3) is 3.65. The summed E-state index contributed by atoms with van der Waals surface area (Å²) in [6.45, 7) is 8.95. The number of hydrogen-bond acceptors (Lipinski definition) is 3. The fourth-order valence-corrected chi connectivity index (χ4v) is 3.17. The molecular weight excluding hydrogens is 350 g/mol. The van der Waals surface area contributed by atoms with E-state index in [1.807, 2.05) is 55.8 Å². The van der Waals surface area contributed by atoms with Crippen LogP contribution < -0.4 is 5.32 Å². The van der Waals surface area contributed by atoms with E-state index >= 15 is 0 Å². The van der Waals surface area contributed by atoms with E-state index in [1.54, 1.807) is 11.6 Å². The highest BCUT2D eigenvalue weighted by Gasteiger charge is 2.20. The molecule has 0 saturated carbocycles. The van der Waals surface area contributed by atoms with E-state index in [0.717, 1.165) is 17.0 Å². The van der Waals surface area contributed by atoms with Crippen LogP contribution in [0, 0.1) is 20.8 Å². The van der Waals surface area contributed by atoms with Crippen molar-refractivity contribution in [2.75, 3.05) is 5.32 Å². The third-order valence-corrected chi connectivity index (χ3v) is 4.64. The molecule has 0 bridgehead atoms. The molecule has 0 fully saturated rings. The SMILES string of the molecule is CCn1nc(C)c(Cl)c1C(=O)Nc1cccc(Cn2nc(C)cc2C)c1. The van der Waals surface area contributed by atoms with Crippen LogP contribution in [0.2, 0.25) is 5.02 Å². The molecule has 26 heavy (non-hydrogen) atoms. The number of benzene rings is 1. The van der Waals surface area contributed by atoms with E-state index in [-0.39, 0.29) is 5.91 Å². The van der Waals surface area contributed by atoms with E-state index in [2.05, 4.69) is 15.5 Å². The number of carbonyl (C=O) groups excluding carboxylic acids is 1. The highest BCUT2D eigenvalue weighted by atomic mass is 35.5. The largest absolute Gasteiger partial charge is 0.321 e. The van der Waals surface area contributed by atoms with Gasteiger partial charge in [0.15, 0.2) is 0 Å². The molecule has 7 heteroatoms. The lowest BCUT2D eigenvalue weighted by Gasteiger charge is -2.10. The number of hydrogen-bond donors (Lipinski definition) is 1. The monoisotopic (exact) mass is 371 g/mol. The van der Waals surface area contributed by atoms with Gasteiger partial charge in [-0.05, 0) is 51.5 Å². The van der Waals surface area contributed by atoms with Gasteiger partial charge in [0, 0.05) is 17.9 Å². The molecule has 1 aromatic carbocycles. The molecule has 1 N–H and O–H groups in total. The van der Waals surface area contributed by atoms with Gasteiger partial charge in [0.05, 0.1) is 23.0 Å². The van der Waals surface area contributed by atoms with Gasteiger partial charge in [0.2, 0.25) is 0 Å². The van der Waals surface area contributed by atoms with Crippen molar-refractivity contribution in [3.05, 3.63) is 63.7 Å². The predicted octanol–water partition coefficient (Wildman–Crippen LogP) is 3.98. The van der Waals surface area contributed by atoms with Crippen molar-refractivity contribution in [1.82, 2.24) is 19.6 Å². The third-order valence-electron chi connectivity index (χ3n) is 4.19. The van der Waals surface area contributed by atoms with Crippen LogP contribution in [0.1, 0.15) is 40.1 Å². The maximum absolute atomic E-state index is 12.7. The Balaban J connectivity index is 1.81. The number of nitrogens with one attached hydrogen (secondary N) is 1. The van der Waals surface area contributed by atoms with Gasteiger partial charge in [0.25, 0.3) is 5.91 Å². The average Bonchev–Trinajstić information content (AvgIpc) is 3.06. The summed E-state index contributed by atoms with van der Waals surface area (Å²) in [5, 5.41) is 12.1. The fourth-order valence-electron chi connectivity index (χ4n) is 2.95. The van der Waals surface area contributed by atoms with Gasteiger partial charge in [0.1, 0.15) is 5.69 Å². The molecule has 0 aliphatic carbocycles. The summed E-state index contributed by atoms with van der Waals surface area (Å²) in [5.74, 6) is -0.263. The van der Waals surface area contributed by atoms with Crippen molar-refractivity contribution >= 4 is 23.2 Å². The number of aromatic nitrogens is 4. The molecule has 136 valence electrons. The Morgan fingerprint density at radius 3 is 2.58 bits per heavy atom. The number of rotatable bonds is 5. The van der Waals surface area contributed by atoms with Crippen LogP contribution in [-0.4, -0.2) is 25.5 Å². The van der Waals surface area contributed by atoms with E-state index < -0.39 is 0 Å². The second-order valence-electron chi connectivity index (χ2n) is 6.30. The highest BCUT2D eigenvalue weighted by molar-refractivity contribution is 6.34. The van der Waals surface area contributed by atoms with Crippen LogP contribution >= 0.6 is 11.6 Å². The average molecular weight is 372 g/mol. The summed E-state index contributed by atoms with van der Waals surface area (Å²) in [7, 11) is 0. The summed E-state index contributed by atoms with van der Waals surface area (Å²) >= 11 is 6.26. The van der Waals surface area contributed by atoms with Gasteiger partial charge in [-0.15, -0.1) is 0 Å². The Morgan fingerprint density at radius 1 is 1.15 bits per heavy atom. The van der Waals surface area contributed by atoms with Crippen LogP contribution in [0.25, 0.3) is 0 Å². The quantitative estimate of drug-likeness (QED) is 0.737. The zero-order valence-corrected chi connectivity index (χ0v) is 16.1. The Kier molecular flexibility index (Phi) is 5.13. The minimum Gasteiger partial charge on any atom is -0.321 e. The summed E-state index contributed by atoms with van der Waals surface area (Å²) in [6, 6.07) is 9.78. The van der Waals surface area contributed by atoms with E-state index in [0.29, 0.717) is 35.2 Å². The van der Waals surface area contributed by atoms with Crippen molar-refractivity contribution in [2.45, 2.75) is 40.8 Å². The zero-order valence-electron chi connectivity index (χ0n) is 15.4. The fraction of sp³-hybridized carbons (Fsp3) is 0.316. The van der Waals surface area contributed by atoms with Crippen molar-refractivity contribution in [3.63, 3.8) is 0 Å².